The number of rotatable bonds is 8. The van der Waals surface area contributed by atoms with Crippen LogP contribution in [0.2, 0.25) is 0 Å². The van der Waals surface area contributed by atoms with Gasteiger partial charge in [0.25, 0.3) is 5.91 Å². The summed E-state index contributed by atoms with van der Waals surface area (Å²) in [5, 5.41) is 0.409. The largest absolute Gasteiger partial charge is 0.573 e. The van der Waals surface area contributed by atoms with Crippen molar-refractivity contribution in [1.29, 1.82) is 0 Å². The number of thiazole rings is 1. The lowest BCUT2D eigenvalue weighted by atomic mass is 10.2. The summed E-state index contributed by atoms with van der Waals surface area (Å²) in [5.74, 6) is 0.0890. The normalized spacial score (nSPS) is 14.4. The SMILES string of the molecule is CCOc1ccc(C(=O)N(CCN2CCOCC2)c2nc3ccc(OC(F)(F)F)cc3s2)cc1.Cl. The number of amides is 1. The molecule has 0 saturated carbocycles. The highest BCUT2D eigenvalue weighted by Gasteiger charge is 2.31. The zero-order valence-electron chi connectivity index (χ0n) is 18.9. The summed E-state index contributed by atoms with van der Waals surface area (Å²) in [7, 11) is 0. The average molecular weight is 532 g/mol. The minimum atomic E-state index is -4.78. The van der Waals surface area contributed by atoms with Crippen molar-refractivity contribution >= 4 is 45.0 Å². The van der Waals surface area contributed by atoms with E-state index >= 15 is 0 Å². The van der Waals surface area contributed by atoms with Crippen LogP contribution >= 0.6 is 23.7 Å². The molecule has 1 saturated heterocycles. The molecule has 0 spiro atoms. The molecule has 1 aliphatic heterocycles. The Balaban J connectivity index is 0.00000342. The number of aromatic nitrogens is 1. The summed E-state index contributed by atoms with van der Waals surface area (Å²) in [6.45, 7) is 6.19. The molecule has 4 rings (SSSR count). The Morgan fingerprint density at radius 2 is 1.83 bits per heavy atom. The molecule has 0 aliphatic carbocycles. The van der Waals surface area contributed by atoms with Gasteiger partial charge in [0, 0.05) is 37.8 Å². The maximum absolute atomic E-state index is 13.5. The van der Waals surface area contributed by atoms with E-state index in [2.05, 4.69) is 14.6 Å². The van der Waals surface area contributed by atoms with Crippen molar-refractivity contribution in [2.45, 2.75) is 13.3 Å². The second kappa shape index (κ2) is 11.9. The highest BCUT2D eigenvalue weighted by molar-refractivity contribution is 7.22. The van der Waals surface area contributed by atoms with E-state index in [0.717, 1.165) is 24.4 Å². The lowest BCUT2D eigenvalue weighted by Crippen LogP contribution is -2.43. The topological polar surface area (TPSA) is 64.1 Å². The maximum atomic E-state index is 13.5. The van der Waals surface area contributed by atoms with E-state index in [0.29, 0.717) is 59.6 Å². The number of halogens is 4. The van der Waals surface area contributed by atoms with Crippen molar-refractivity contribution in [2.75, 3.05) is 50.9 Å². The van der Waals surface area contributed by atoms with Gasteiger partial charge in [-0.1, -0.05) is 11.3 Å². The molecule has 2 heterocycles. The van der Waals surface area contributed by atoms with Gasteiger partial charge in [-0.25, -0.2) is 4.98 Å². The summed E-state index contributed by atoms with van der Waals surface area (Å²) in [6.07, 6.45) is -4.78. The zero-order valence-corrected chi connectivity index (χ0v) is 20.5. The van der Waals surface area contributed by atoms with Gasteiger partial charge in [0.2, 0.25) is 0 Å². The highest BCUT2D eigenvalue weighted by Crippen LogP contribution is 2.34. The predicted octanol–water partition coefficient (Wildman–Crippen LogP) is 4.99. The molecule has 1 aliphatic rings. The molecule has 0 unspecified atom stereocenters. The standard InChI is InChI=1S/C23H24F3N3O4S.ClH/c1-2-32-17-5-3-16(4-6-17)21(30)29(10-9-28-11-13-31-14-12-28)22-27-19-8-7-18(15-20(19)34-22)33-23(24,25)26;/h3-8,15H,2,9-14H2,1H3;1H. The molecule has 35 heavy (non-hydrogen) atoms. The van der Waals surface area contributed by atoms with Gasteiger partial charge in [-0.05, 0) is 43.3 Å². The third-order valence-corrected chi connectivity index (χ3v) is 6.26. The lowest BCUT2D eigenvalue weighted by Gasteiger charge is -2.29. The molecular formula is C23H25ClF3N3O4S. The van der Waals surface area contributed by atoms with E-state index in [1.54, 1.807) is 29.2 Å². The van der Waals surface area contributed by atoms with E-state index in [1.807, 2.05) is 6.92 Å². The maximum Gasteiger partial charge on any atom is 0.573 e. The number of hydrogen-bond donors (Lipinski definition) is 0. The van der Waals surface area contributed by atoms with Crippen LogP contribution in [0, 0.1) is 0 Å². The van der Waals surface area contributed by atoms with Crippen LogP contribution in [0.5, 0.6) is 11.5 Å². The summed E-state index contributed by atoms with van der Waals surface area (Å²) in [6, 6.07) is 10.8. The lowest BCUT2D eigenvalue weighted by molar-refractivity contribution is -0.274. The molecule has 1 aromatic heterocycles. The Bertz CT molecular complexity index is 1120. The highest BCUT2D eigenvalue weighted by atomic mass is 35.5. The number of ether oxygens (including phenoxy) is 3. The summed E-state index contributed by atoms with van der Waals surface area (Å²) in [4.78, 5) is 21.7. The predicted molar refractivity (Wildman–Crippen MR) is 130 cm³/mol. The molecule has 0 N–H and O–H groups in total. The van der Waals surface area contributed by atoms with Gasteiger partial charge in [-0.2, -0.15) is 0 Å². The third kappa shape index (κ3) is 7.20. The smallest absolute Gasteiger partial charge is 0.494 e. The summed E-state index contributed by atoms with van der Waals surface area (Å²) in [5.41, 5.74) is 0.955. The van der Waals surface area contributed by atoms with Crippen LogP contribution in [0.4, 0.5) is 18.3 Å². The van der Waals surface area contributed by atoms with Crippen LogP contribution in [-0.2, 0) is 4.74 Å². The molecule has 1 amide bonds. The molecule has 2 aromatic carbocycles. The first kappa shape index (κ1) is 27.0. The number of anilines is 1. The molecule has 190 valence electrons. The fraction of sp³-hybridized carbons (Fsp3) is 0.391. The number of benzene rings is 2. The molecule has 1 fully saturated rings. The van der Waals surface area contributed by atoms with Gasteiger partial charge in [0.05, 0.1) is 30.0 Å². The number of hydrogen-bond acceptors (Lipinski definition) is 7. The van der Waals surface area contributed by atoms with E-state index in [-0.39, 0.29) is 24.1 Å². The quantitative estimate of drug-likeness (QED) is 0.408. The minimum absolute atomic E-state index is 0. The van der Waals surface area contributed by atoms with Crippen LogP contribution in [-0.4, -0.2) is 68.2 Å². The van der Waals surface area contributed by atoms with Crippen molar-refractivity contribution in [1.82, 2.24) is 9.88 Å². The molecule has 7 nitrogen and oxygen atoms in total. The van der Waals surface area contributed by atoms with E-state index < -0.39 is 6.36 Å². The van der Waals surface area contributed by atoms with Crippen molar-refractivity contribution in [3.05, 3.63) is 48.0 Å². The Hall–Kier alpha value is -2.60. The molecule has 12 heteroatoms. The second-order valence-corrected chi connectivity index (χ2v) is 8.55. The van der Waals surface area contributed by atoms with E-state index in [9.17, 15) is 18.0 Å². The number of fused-ring (bicyclic) bond motifs is 1. The Morgan fingerprint density at radius 1 is 1.14 bits per heavy atom. The molecule has 3 aromatic rings. The van der Waals surface area contributed by atoms with Gasteiger partial charge in [0.15, 0.2) is 5.13 Å². The fourth-order valence-electron chi connectivity index (χ4n) is 3.57. The molecule has 0 atom stereocenters. The monoisotopic (exact) mass is 531 g/mol. The van der Waals surface area contributed by atoms with Crippen molar-refractivity contribution in [2.24, 2.45) is 0 Å². The number of nitrogens with zero attached hydrogens (tertiary/aromatic N) is 3. The first-order valence-corrected chi connectivity index (χ1v) is 11.7. The van der Waals surface area contributed by atoms with Crippen LogP contribution in [0.15, 0.2) is 42.5 Å². The zero-order chi connectivity index (χ0) is 24.1. The van der Waals surface area contributed by atoms with Crippen molar-refractivity contribution < 1.29 is 32.2 Å². The van der Waals surface area contributed by atoms with Crippen LogP contribution in [0.3, 0.4) is 0 Å². The number of carbonyl (C=O) groups excluding carboxylic acids is 1. The Labute approximate surface area is 210 Å². The van der Waals surface area contributed by atoms with Gasteiger partial charge in [-0.15, -0.1) is 25.6 Å². The van der Waals surface area contributed by atoms with Crippen LogP contribution in [0.25, 0.3) is 10.2 Å². The van der Waals surface area contributed by atoms with Crippen LogP contribution in [0.1, 0.15) is 17.3 Å². The third-order valence-electron chi connectivity index (χ3n) is 5.21. The Kier molecular flexibility index (Phi) is 9.17. The average Bonchev–Trinajstić information content (AvgIpc) is 3.22. The van der Waals surface area contributed by atoms with E-state index in [1.165, 1.54) is 18.2 Å². The van der Waals surface area contributed by atoms with Gasteiger partial charge < -0.3 is 14.2 Å². The first-order valence-electron chi connectivity index (χ1n) is 10.8. The second-order valence-electron chi connectivity index (χ2n) is 7.54. The van der Waals surface area contributed by atoms with Crippen LogP contribution < -0.4 is 14.4 Å². The van der Waals surface area contributed by atoms with Crippen molar-refractivity contribution in [3.8, 4) is 11.5 Å². The van der Waals surface area contributed by atoms with E-state index in [4.69, 9.17) is 9.47 Å². The fourth-order valence-corrected chi connectivity index (χ4v) is 4.59. The van der Waals surface area contributed by atoms with Crippen molar-refractivity contribution in [3.63, 3.8) is 0 Å². The van der Waals surface area contributed by atoms with Gasteiger partial charge >= 0.3 is 6.36 Å². The summed E-state index contributed by atoms with van der Waals surface area (Å²) < 4.78 is 53.2. The molecular weight excluding hydrogens is 507 g/mol. The molecule has 0 bridgehead atoms. The van der Waals surface area contributed by atoms with Gasteiger partial charge in [-0.3, -0.25) is 14.6 Å². The minimum Gasteiger partial charge on any atom is -0.494 e. The summed E-state index contributed by atoms with van der Waals surface area (Å²) >= 11 is 1.15. The number of alkyl halides is 3. The number of carbonyl (C=O) groups is 1. The first-order chi connectivity index (χ1) is 16.3. The number of morpholine rings is 1. The Morgan fingerprint density at radius 3 is 2.49 bits per heavy atom. The van der Waals surface area contributed by atoms with Gasteiger partial charge in [0.1, 0.15) is 11.5 Å². The molecule has 0 radical (unpaired) electrons.